The smallest absolute Gasteiger partial charge is 0.225 e. The van der Waals surface area contributed by atoms with Crippen molar-refractivity contribution in [2.24, 2.45) is 13.0 Å². The summed E-state index contributed by atoms with van der Waals surface area (Å²) >= 11 is 0. The number of nitrogens with zero attached hydrogens (tertiary/aromatic N) is 5. The van der Waals surface area contributed by atoms with Gasteiger partial charge in [-0.15, -0.1) is 0 Å². The fraction of sp³-hybridized carbons (Fsp3) is 0.500. The number of ketones is 1. The molecule has 2 atom stereocenters. The maximum absolute atomic E-state index is 11.6. The largest absolute Gasteiger partial charge is 0.474 e. The lowest BCUT2D eigenvalue weighted by Crippen LogP contribution is -2.22. The number of carbonyl (C=O) groups is 1. The molecule has 3 aromatic heterocycles. The molecule has 0 N–H and O–H groups in total. The van der Waals surface area contributed by atoms with Crippen LogP contribution < -0.4 is 4.74 Å². The van der Waals surface area contributed by atoms with Gasteiger partial charge in [-0.3, -0.25) is 14.2 Å². The van der Waals surface area contributed by atoms with E-state index in [1.807, 2.05) is 37.1 Å². The lowest BCUT2D eigenvalue weighted by atomic mass is 10.0. The third-order valence-corrected chi connectivity index (χ3v) is 5.65. The Balaban J connectivity index is 1.50. The number of aryl methyl sites for hydroxylation is 1. The molecular weight excluding hydrogens is 342 g/mol. The number of carbonyl (C=O) groups excluding carboxylic acids is 1. The number of aromatic nitrogens is 5. The number of hydrogen-bond donors (Lipinski definition) is 0. The molecule has 2 aliphatic rings. The zero-order chi connectivity index (χ0) is 18.5. The van der Waals surface area contributed by atoms with Gasteiger partial charge in [0, 0.05) is 43.8 Å². The molecule has 7 nitrogen and oxygen atoms in total. The third kappa shape index (κ3) is 3.11. The Hall–Kier alpha value is -2.70. The van der Waals surface area contributed by atoms with Gasteiger partial charge in [0.25, 0.3) is 0 Å². The summed E-state index contributed by atoms with van der Waals surface area (Å²) in [5.41, 5.74) is 2.65. The van der Waals surface area contributed by atoms with Gasteiger partial charge in [-0.2, -0.15) is 10.2 Å². The second-order valence-corrected chi connectivity index (χ2v) is 7.85. The Morgan fingerprint density at radius 3 is 2.85 bits per heavy atom. The van der Waals surface area contributed by atoms with E-state index in [0.29, 0.717) is 30.5 Å². The Morgan fingerprint density at radius 1 is 1.26 bits per heavy atom. The van der Waals surface area contributed by atoms with Crippen molar-refractivity contribution < 1.29 is 9.53 Å². The predicted molar refractivity (Wildman–Crippen MR) is 100 cm³/mol. The molecule has 0 aliphatic heterocycles. The minimum Gasteiger partial charge on any atom is -0.474 e. The molecule has 3 aromatic rings. The molecule has 0 bridgehead atoms. The lowest BCUT2D eigenvalue weighted by Gasteiger charge is -2.20. The molecule has 2 saturated carbocycles. The van der Waals surface area contributed by atoms with Crippen molar-refractivity contribution in [3.05, 3.63) is 24.7 Å². The molecule has 0 radical (unpaired) electrons. The summed E-state index contributed by atoms with van der Waals surface area (Å²) in [5.74, 6) is 1.17. The van der Waals surface area contributed by atoms with Crippen LogP contribution in [-0.2, 0) is 11.8 Å². The molecule has 0 unspecified atom stereocenters. The van der Waals surface area contributed by atoms with E-state index in [4.69, 9.17) is 9.72 Å². The van der Waals surface area contributed by atoms with Gasteiger partial charge in [0.1, 0.15) is 11.9 Å². The Bertz CT molecular complexity index is 1020. The molecule has 27 heavy (non-hydrogen) atoms. The van der Waals surface area contributed by atoms with E-state index in [1.54, 1.807) is 4.68 Å². The van der Waals surface area contributed by atoms with Crippen molar-refractivity contribution in [3.8, 4) is 17.1 Å². The van der Waals surface area contributed by atoms with Crippen LogP contribution in [0.3, 0.4) is 0 Å². The van der Waals surface area contributed by atoms with Gasteiger partial charge in [-0.25, -0.2) is 4.98 Å². The molecule has 2 fully saturated rings. The number of pyridine rings is 1. The van der Waals surface area contributed by atoms with Crippen LogP contribution in [0.15, 0.2) is 24.7 Å². The van der Waals surface area contributed by atoms with Crippen LogP contribution in [0.2, 0.25) is 0 Å². The third-order valence-electron chi connectivity index (χ3n) is 5.65. The summed E-state index contributed by atoms with van der Waals surface area (Å²) in [6, 6.07) is 2.52. The number of hydrogen-bond acceptors (Lipinski definition) is 5. The Morgan fingerprint density at radius 2 is 2.11 bits per heavy atom. The predicted octanol–water partition coefficient (Wildman–Crippen LogP) is 3.30. The van der Waals surface area contributed by atoms with Gasteiger partial charge < -0.3 is 4.74 Å². The van der Waals surface area contributed by atoms with Gasteiger partial charge >= 0.3 is 0 Å². The average Bonchev–Trinajstić information content (AvgIpc) is 3.04. The molecule has 0 amide bonds. The summed E-state index contributed by atoms with van der Waals surface area (Å²) < 4.78 is 10.1. The molecule has 3 heterocycles. The zero-order valence-corrected chi connectivity index (χ0v) is 15.6. The SMILES string of the molecule is C[C@@H](Oc1nc(-c2cnn(C3CC3)c2)cc2nn(C)cc12)[C@H]1CCC(=O)C1. The number of Topliss-reactive ketones (excluding diaryl/α,β-unsaturated/α-hetero) is 1. The topological polar surface area (TPSA) is 74.8 Å². The molecule has 140 valence electrons. The first kappa shape index (κ1) is 16.5. The first-order valence-corrected chi connectivity index (χ1v) is 9.64. The van der Waals surface area contributed by atoms with Crippen LogP contribution in [0.4, 0.5) is 0 Å². The summed E-state index contributed by atoms with van der Waals surface area (Å²) in [6.45, 7) is 2.03. The molecule has 0 spiro atoms. The maximum Gasteiger partial charge on any atom is 0.225 e. The monoisotopic (exact) mass is 365 g/mol. The molecule has 5 rings (SSSR count). The lowest BCUT2D eigenvalue weighted by molar-refractivity contribution is -0.117. The zero-order valence-electron chi connectivity index (χ0n) is 15.6. The molecule has 0 saturated heterocycles. The number of rotatable bonds is 5. The summed E-state index contributed by atoms with van der Waals surface area (Å²) in [5, 5.41) is 9.92. The van der Waals surface area contributed by atoms with Crippen molar-refractivity contribution in [2.75, 3.05) is 0 Å². The highest BCUT2D eigenvalue weighted by atomic mass is 16.5. The van der Waals surface area contributed by atoms with Crippen LogP contribution in [-0.4, -0.2) is 36.4 Å². The fourth-order valence-electron chi connectivity index (χ4n) is 3.87. The number of ether oxygens (including phenoxy) is 1. The highest BCUT2D eigenvalue weighted by molar-refractivity contribution is 5.86. The molecule has 0 aromatic carbocycles. The molecule has 7 heteroatoms. The quantitative estimate of drug-likeness (QED) is 0.693. The van der Waals surface area contributed by atoms with Gasteiger partial charge in [0.05, 0.1) is 28.8 Å². The first-order valence-electron chi connectivity index (χ1n) is 9.64. The van der Waals surface area contributed by atoms with E-state index < -0.39 is 0 Å². The second kappa shape index (κ2) is 6.18. The van der Waals surface area contributed by atoms with E-state index in [1.165, 1.54) is 12.8 Å². The highest BCUT2D eigenvalue weighted by Crippen LogP contribution is 2.36. The van der Waals surface area contributed by atoms with Gasteiger partial charge in [0.15, 0.2) is 0 Å². The summed E-state index contributed by atoms with van der Waals surface area (Å²) in [7, 11) is 1.90. The Labute approximate surface area is 157 Å². The second-order valence-electron chi connectivity index (χ2n) is 7.85. The number of fused-ring (bicyclic) bond motifs is 1. The van der Waals surface area contributed by atoms with Crippen LogP contribution >= 0.6 is 0 Å². The average molecular weight is 365 g/mol. The summed E-state index contributed by atoms with van der Waals surface area (Å²) in [6.07, 6.45) is 10.3. The first-order chi connectivity index (χ1) is 13.1. The molecular formula is C20H23N5O2. The van der Waals surface area contributed by atoms with Crippen molar-refractivity contribution >= 4 is 16.7 Å². The standard InChI is InChI=1S/C20H23N5O2/c1-12(13-3-6-16(26)7-13)27-20-17-11-24(2)23-19(17)8-18(22-20)14-9-21-25(10-14)15-4-5-15/h8-13,15H,3-7H2,1-2H3/t12-,13+/m1/s1. The normalized spacial score (nSPS) is 21.1. The van der Waals surface area contributed by atoms with Crippen LogP contribution in [0.25, 0.3) is 22.2 Å². The van der Waals surface area contributed by atoms with Crippen molar-refractivity contribution in [1.82, 2.24) is 24.5 Å². The van der Waals surface area contributed by atoms with Gasteiger partial charge in [-0.1, -0.05) is 0 Å². The van der Waals surface area contributed by atoms with Crippen LogP contribution in [0, 0.1) is 5.92 Å². The van der Waals surface area contributed by atoms with Gasteiger partial charge in [-0.05, 0) is 32.3 Å². The van der Waals surface area contributed by atoms with E-state index in [-0.39, 0.29) is 12.0 Å². The van der Waals surface area contributed by atoms with E-state index in [0.717, 1.165) is 28.6 Å². The van der Waals surface area contributed by atoms with Crippen molar-refractivity contribution in [2.45, 2.75) is 51.2 Å². The van der Waals surface area contributed by atoms with Crippen LogP contribution in [0.1, 0.15) is 45.1 Å². The van der Waals surface area contributed by atoms with Gasteiger partial charge in [0.2, 0.25) is 5.88 Å². The highest BCUT2D eigenvalue weighted by Gasteiger charge is 2.29. The summed E-state index contributed by atoms with van der Waals surface area (Å²) in [4.78, 5) is 16.4. The minimum absolute atomic E-state index is 0.0585. The van der Waals surface area contributed by atoms with E-state index in [9.17, 15) is 4.79 Å². The Kier molecular flexibility index (Phi) is 3.77. The van der Waals surface area contributed by atoms with E-state index in [2.05, 4.69) is 16.4 Å². The van der Waals surface area contributed by atoms with Crippen molar-refractivity contribution in [3.63, 3.8) is 0 Å². The minimum atomic E-state index is -0.0585. The maximum atomic E-state index is 11.6. The van der Waals surface area contributed by atoms with Crippen LogP contribution in [0.5, 0.6) is 5.88 Å². The molecule has 2 aliphatic carbocycles. The van der Waals surface area contributed by atoms with Crippen molar-refractivity contribution in [1.29, 1.82) is 0 Å². The van der Waals surface area contributed by atoms with E-state index >= 15 is 0 Å². The fourth-order valence-corrected chi connectivity index (χ4v) is 3.87.